The number of thiocarbonyl (C=S) groups is 1. The number of nitrogens with zero attached hydrogens (tertiary/aromatic N) is 1. The van der Waals surface area contributed by atoms with E-state index in [1.54, 1.807) is 24.3 Å². The molecule has 0 spiro atoms. The second-order valence-electron chi connectivity index (χ2n) is 5.67. The highest BCUT2D eigenvalue weighted by molar-refractivity contribution is 14.1. The minimum Gasteiger partial charge on any atom is -0.495 e. The number of hydrogen-bond acceptors (Lipinski definition) is 5. The van der Waals surface area contributed by atoms with Gasteiger partial charge in [0.15, 0.2) is 5.11 Å². The SMILES string of the molecule is COc1ccc([N+](=O)[O-])cc1NC(=S)N[C@H](NC(=O)c1ccccc1I)C(Cl)(Cl)Cl. The molecule has 0 radical (unpaired) electrons. The Hall–Kier alpha value is -1.60. The zero-order chi connectivity index (χ0) is 22.5. The van der Waals surface area contributed by atoms with Crippen LogP contribution in [0.15, 0.2) is 42.5 Å². The second kappa shape index (κ2) is 10.6. The molecular weight excluding hydrogens is 590 g/mol. The van der Waals surface area contributed by atoms with Crippen molar-refractivity contribution >= 4 is 92.0 Å². The summed E-state index contributed by atoms with van der Waals surface area (Å²) in [6.07, 6.45) is -1.21. The number of nitrogens with one attached hydrogen (secondary N) is 3. The highest BCUT2D eigenvalue weighted by Crippen LogP contribution is 2.31. The predicted octanol–water partition coefficient (Wildman–Crippen LogP) is 4.62. The van der Waals surface area contributed by atoms with Crippen molar-refractivity contribution in [2.75, 3.05) is 12.4 Å². The van der Waals surface area contributed by atoms with E-state index in [9.17, 15) is 14.9 Å². The molecule has 0 bridgehead atoms. The van der Waals surface area contributed by atoms with E-state index >= 15 is 0 Å². The molecule has 1 amide bonds. The monoisotopic (exact) mass is 602 g/mol. The van der Waals surface area contributed by atoms with E-state index in [2.05, 4.69) is 16.0 Å². The third-order valence-electron chi connectivity index (χ3n) is 3.64. The van der Waals surface area contributed by atoms with Crippen LogP contribution in [-0.4, -0.2) is 33.0 Å². The number of nitro groups is 1. The number of rotatable bonds is 6. The van der Waals surface area contributed by atoms with Crippen molar-refractivity contribution in [1.82, 2.24) is 10.6 Å². The van der Waals surface area contributed by atoms with Crippen molar-refractivity contribution in [2.24, 2.45) is 0 Å². The first kappa shape index (κ1) is 24.7. The van der Waals surface area contributed by atoms with Gasteiger partial charge in [-0.2, -0.15) is 0 Å². The van der Waals surface area contributed by atoms with Crippen molar-refractivity contribution in [1.29, 1.82) is 0 Å². The van der Waals surface area contributed by atoms with Gasteiger partial charge in [0.2, 0.25) is 3.79 Å². The first-order valence-electron chi connectivity index (χ1n) is 8.05. The van der Waals surface area contributed by atoms with Crippen LogP contribution in [0.2, 0.25) is 0 Å². The van der Waals surface area contributed by atoms with Crippen LogP contribution < -0.4 is 20.7 Å². The number of amides is 1. The first-order chi connectivity index (χ1) is 14.0. The fourth-order valence-corrected chi connectivity index (χ4v) is 3.44. The Bertz CT molecular complexity index is 974. The molecule has 0 aliphatic rings. The number of non-ortho nitro benzene ring substituents is 1. The fraction of sp³-hybridized carbons (Fsp3) is 0.176. The van der Waals surface area contributed by atoms with Crippen LogP contribution in [0.25, 0.3) is 0 Å². The van der Waals surface area contributed by atoms with Crippen molar-refractivity contribution in [3.05, 3.63) is 61.7 Å². The van der Waals surface area contributed by atoms with Gasteiger partial charge in [-0.25, -0.2) is 0 Å². The molecule has 3 N–H and O–H groups in total. The van der Waals surface area contributed by atoms with Crippen LogP contribution in [0.5, 0.6) is 5.75 Å². The van der Waals surface area contributed by atoms with Crippen LogP contribution in [0, 0.1) is 13.7 Å². The van der Waals surface area contributed by atoms with E-state index < -0.39 is 20.8 Å². The number of benzene rings is 2. The average Bonchev–Trinajstić information content (AvgIpc) is 2.66. The molecule has 0 saturated carbocycles. The topological polar surface area (TPSA) is 106 Å². The molecule has 2 rings (SSSR count). The first-order valence-corrected chi connectivity index (χ1v) is 10.7. The molecule has 2 aromatic rings. The number of halogens is 4. The maximum atomic E-state index is 12.6. The van der Waals surface area contributed by atoms with E-state index in [1.807, 2.05) is 22.6 Å². The number of methoxy groups -OCH3 is 1. The zero-order valence-corrected chi connectivity index (χ0v) is 20.4. The molecular formula is C17H14Cl3IN4O4S. The number of hydrogen-bond donors (Lipinski definition) is 3. The van der Waals surface area contributed by atoms with Crippen molar-refractivity contribution < 1.29 is 14.5 Å². The van der Waals surface area contributed by atoms with E-state index in [1.165, 1.54) is 25.3 Å². The summed E-state index contributed by atoms with van der Waals surface area (Å²) in [5.41, 5.74) is 0.431. The van der Waals surface area contributed by atoms with Gasteiger partial charge in [-0.1, -0.05) is 46.9 Å². The number of carbonyl (C=O) groups is 1. The molecule has 30 heavy (non-hydrogen) atoms. The predicted molar refractivity (Wildman–Crippen MR) is 130 cm³/mol. The smallest absolute Gasteiger partial charge is 0.271 e. The van der Waals surface area contributed by atoms with Gasteiger partial charge in [0.05, 0.1) is 23.3 Å². The highest BCUT2D eigenvalue weighted by atomic mass is 127. The van der Waals surface area contributed by atoms with Crippen molar-refractivity contribution in [3.8, 4) is 5.75 Å². The molecule has 0 heterocycles. The maximum Gasteiger partial charge on any atom is 0.271 e. The Morgan fingerprint density at radius 2 is 1.90 bits per heavy atom. The van der Waals surface area contributed by atoms with Gasteiger partial charge in [0.1, 0.15) is 11.9 Å². The summed E-state index contributed by atoms with van der Waals surface area (Å²) in [4.78, 5) is 23.0. The Morgan fingerprint density at radius 1 is 1.23 bits per heavy atom. The van der Waals surface area contributed by atoms with Crippen LogP contribution in [-0.2, 0) is 0 Å². The summed E-state index contributed by atoms with van der Waals surface area (Å²) >= 11 is 25.2. The van der Waals surface area contributed by atoms with Crippen LogP contribution in [0.3, 0.4) is 0 Å². The molecule has 0 aliphatic carbocycles. The Morgan fingerprint density at radius 3 is 2.47 bits per heavy atom. The lowest BCUT2D eigenvalue weighted by Gasteiger charge is -2.28. The molecule has 0 aliphatic heterocycles. The van der Waals surface area contributed by atoms with Gasteiger partial charge in [0, 0.05) is 15.7 Å². The standard InChI is InChI=1S/C17H14Cl3IN4O4S/c1-29-13-7-6-9(25(27)28)8-12(13)22-16(30)24-15(17(18,19)20)23-14(26)10-4-2-3-5-11(10)21/h2-8,15H,1H3,(H,23,26)(H2,22,24,30)/t15-/m0/s1. The Balaban J connectivity index is 2.19. The number of ether oxygens (including phenoxy) is 1. The van der Waals surface area contributed by atoms with Crippen LogP contribution in [0.4, 0.5) is 11.4 Å². The van der Waals surface area contributed by atoms with Crippen LogP contribution >= 0.6 is 69.6 Å². The maximum absolute atomic E-state index is 12.6. The van der Waals surface area contributed by atoms with Gasteiger partial charge in [0.25, 0.3) is 11.6 Å². The van der Waals surface area contributed by atoms with Crippen molar-refractivity contribution in [3.63, 3.8) is 0 Å². The summed E-state index contributed by atoms with van der Waals surface area (Å²) < 4.78 is 3.91. The van der Waals surface area contributed by atoms with Crippen LogP contribution in [0.1, 0.15) is 10.4 Å². The summed E-state index contributed by atoms with van der Waals surface area (Å²) in [5, 5.41) is 19.0. The molecule has 8 nitrogen and oxygen atoms in total. The van der Waals surface area contributed by atoms with E-state index in [-0.39, 0.29) is 16.5 Å². The molecule has 1 atom stereocenters. The van der Waals surface area contributed by atoms with Gasteiger partial charge in [-0.05, 0) is 53.0 Å². The minimum absolute atomic E-state index is 0.0619. The quantitative estimate of drug-likeness (QED) is 0.111. The minimum atomic E-state index is -1.96. The number of alkyl halides is 3. The molecule has 0 saturated heterocycles. The van der Waals surface area contributed by atoms with Gasteiger partial charge in [-0.3, -0.25) is 14.9 Å². The van der Waals surface area contributed by atoms with E-state index in [0.29, 0.717) is 14.9 Å². The zero-order valence-electron chi connectivity index (χ0n) is 15.1. The lowest BCUT2D eigenvalue weighted by Crippen LogP contribution is -2.56. The number of nitro benzene ring substituents is 1. The average molecular weight is 604 g/mol. The van der Waals surface area contributed by atoms with Gasteiger partial charge < -0.3 is 20.7 Å². The Labute approximate surface area is 205 Å². The van der Waals surface area contributed by atoms with E-state index in [4.69, 9.17) is 51.8 Å². The normalized spacial score (nSPS) is 11.9. The molecule has 160 valence electrons. The lowest BCUT2D eigenvalue weighted by molar-refractivity contribution is -0.384. The molecule has 0 unspecified atom stereocenters. The number of anilines is 1. The molecule has 13 heteroatoms. The summed E-state index contributed by atoms with van der Waals surface area (Å²) in [6.45, 7) is 0. The fourth-order valence-electron chi connectivity index (χ4n) is 2.25. The number of carbonyl (C=O) groups excluding carboxylic acids is 1. The summed E-state index contributed by atoms with van der Waals surface area (Å²) in [6, 6.07) is 10.8. The Kier molecular flexibility index (Phi) is 8.73. The van der Waals surface area contributed by atoms with Crippen molar-refractivity contribution in [2.45, 2.75) is 9.96 Å². The highest BCUT2D eigenvalue weighted by Gasteiger charge is 2.35. The lowest BCUT2D eigenvalue weighted by atomic mass is 10.2. The third kappa shape index (κ3) is 6.71. The van der Waals surface area contributed by atoms with Gasteiger partial charge >= 0.3 is 0 Å². The second-order valence-corrected chi connectivity index (χ2v) is 9.61. The third-order valence-corrected chi connectivity index (χ3v) is 5.45. The summed E-state index contributed by atoms with van der Waals surface area (Å²) in [5.74, 6) is -0.183. The van der Waals surface area contributed by atoms with Gasteiger partial charge in [-0.15, -0.1) is 0 Å². The largest absolute Gasteiger partial charge is 0.495 e. The molecule has 0 fully saturated rings. The molecule has 0 aromatic heterocycles. The molecule has 2 aromatic carbocycles. The van der Waals surface area contributed by atoms with E-state index in [0.717, 1.165) is 0 Å². The summed E-state index contributed by atoms with van der Waals surface area (Å²) in [7, 11) is 1.40.